The van der Waals surface area contributed by atoms with Crippen molar-refractivity contribution in [3.63, 3.8) is 0 Å². The molecule has 0 saturated carbocycles. The number of piperidine rings is 1. The predicted octanol–water partition coefficient (Wildman–Crippen LogP) is 2.55. The summed E-state index contributed by atoms with van der Waals surface area (Å²) in [4.78, 5) is 2.47. The van der Waals surface area contributed by atoms with Gasteiger partial charge in [-0.2, -0.15) is 0 Å². The van der Waals surface area contributed by atoms with E-state index in [1.54, 1.807) is 62.5 Å². The third kappa shape index (κ3) is 4.25. The normalized spacial score (nSPS) is 20.0. The molecule has 0 aliphatic carbocycles. The van der Waals surface area contributed by atoms with Crippen molar-refractivity contribution in [1.82, 2.24) is 4.81 Å². The van der Waals surface area contributed by atoms with Crippen LogP contribution in [0.4, 0.5) is 0 Å². The maximum atomic E-state index is 13.0. The van der Waals surface area contributed by atoms with Gasteiger partial charge in [-0.3, -0.25) is 0 Å². The van der Waals surface area contributed by atoms with Gasteiger partial charge in [-0.05, 0) is 69.2 Å². The number of hydrogen-bond donors (Lipinski definition) is 1. The molecule has 4 rings (SSSR count). The second kappa shape index (κ2) is 8.92. The first kappa shape index (κ1) is 22.3. The minimum absolute atomic E-state index is 0.133. The molecule has 0 amide bonds. The smallest absolute Gasteiger partial charge is 0.376 e. The van der Waals surface area contributed by atoms with E-state index in [4.69, 9.17) is 14.2 Å². The molecule has 166 valence electrons. The minimum Gasteiger partial charge on any atom is -0.497 e. The number of methoxy groups -OCH3 is 1. The summed E-state index contributed by atoms with van der Waals surface area (Å²) >= 11 is 0. The van der Waals surface area contributed by atoms with Gasteiger partial charge in [0.25, 0.3) is 0 Å². The Bertz CT molecular complexity index is 980. The molecule has 2 heterocycles. The molecule has 0 spiro atoms. The Kier molecular flexibility index (Phi) is 6.41. The molecule has 7 nitrogen and oxygen atoms in total. The van der Waals surface area contributed by atoms with Crippen LogP contribution in [-0.4, -0.2) is 58.7 Å². The van der Waals surface area contributed by atoms with Crippen LogP contribution in [0.25, 0.3) is 0 Å². The summed E-state index contributed by atoms with van der Waals surface area (Å²) in [5, 5.41) is 9.84. The van der Waals surface area contributed by atoms with E-state index >= 15 is 0 Å². The standard InChI is InChI=1S/C22H28BNO6S/c1-23(25)24-13-11-18(12-14-24)22(29-15-16-30-22)17-3-7-20(8-4-17)31(26,27)21-9-5-19(28-2)6-10-21/h3-10,18,25H,11-16H2,1-2H3. The van der Waals surface area contributed by atoms with Gasteiger partial charge in [0.2, 0.25) is 9.84 Å². The Balaban J connectivity index is 1.58. The molecule has 2 aliphatic heterocycles. The molecule has 0 bridgehead atoms. The van der Waals surface area contributed by atoms with Crippen molar-refractivity contribution in [2.75, 3.05) is 33.4 Å². The van der Waals surface area contributed by atoms with Crippen LogP contribution in [0.3, 0.4) is 0 Å². The summed E-state index contributed by atoms with van der Waals surface area (Å²) in [6, 6.07) is 13.2. The van der Waals surface area contributed by atoms with Crippen LogP contribution < -0.4 is 4.74 Å². The molecule has 2 aromatic carbocycles. The lowest BCUT2D eigenvalue weighted by molar-refractivity contribution is -0.212. The van der Waals surface area contributed by atoms with Crippen molar-refractivity contribution in [3.05, 3.63) is 54.1 Å². The molecule has 9 heteroatoms. The van der Waals surface area contributed by atoms with Crippen LogP contribution in [-0.2, 0) is 25.1 Å². The van der Waals surface area contributed by atoms with Crippen LogP contribution in [0.1, 0.15) is 18.4 Å². The fourth-order valence-corrected chi connectivity index (χ4v) is 5.74. The van der Waals surface area contributed by atoms with Gasteiger partial charge >= 0.3 is 7.05 Å². The van der Waals surface area contributed by atoms with E-state index in [1.165, 1.54) is 0 Å². The lowest BCUT2D eigenvalue weighted by Crippen LogP contribution is -2.48. The van der Waals surface area contributed by atoms with Crippen LogP contribution in [0.5, 0.6) is 5.75 Å². The van der Waals surface area contributed by atoms with E-state index in [1.807, 2.05) is 4.81 Å². The quantitative estimate of drug-likeness (QED) is 0.684. The monoisotopic (exact) mass is 445 g/mol. The summed E-state index contributed by atoms with van der Waals surface area (Å²) in [5.41, 5.74) is 0.828. The Morgan fingerprint density at radius 2 is 1.52 bits per heavy atom. The second-order valence-electron chi connectivity index (χ2n) is 8.01. The topological polar surface area (TPSA) is 85.3 Å². The fraction of sp³-hybridized carbons (Fsp3) is 0.455. The highest BCUT2D eigenvalue weighted by molar-refractivity contribution is 7.91. The zero-order valence-corrected chi connectivity index (χ0v) is 18.7. The van der Waals surface area contributed by atoms with Gasteiger partial charge < -0.3 is 24.0 Å². The first-order chi connectivity index (χ1) is 14.9. The van der Waals surface area contributed by atoms with E-state index in [0.717, 1.165) is 31.5 Å². The summed E-state index contributed by atoms with van der Waals surface area (Å²) in [5.74, 6) is -0.129. The molecule has 2 aliphatic rings. The van der Waals surface area contributed by atoms with Crippen LogP contribution in [0, 0.1) is 5.92 Å². The summed E-state index contributed by atoms with van der Waals surface area (Å²) < 4.78 is 43.4. The number of ether oxygens (including phenoxy) is 3. The molecule has 0 aromatic heterocycles. The lowest BCUT2D eigenvalue weighted by Gasteiger charge is -2.41. The molecule has 2 fully saturated rings. The number of nitrogens with zero attached hydrogens (tertiary/aromatic N) is 1. The highest BCUT2D eigenvalue weighted by atomic mass is 32.2. The summed E-state index contributed by atoms with van der Waals surface area (Å²) in [7, 11) is -2.56. The fourth-order valence-electron chi connectivity index (χ4n) is 4.48. The second-order valence-corrected chi connectivity index (χ2v) is 9.96. The highest BCUT2D eigenvalue weighted by Crippen LogP contribution is 2.44. The van der Waals surface area contributed by atoms with Crippen LogP contribution in [0.2, 0.25) is 6.82 Å². The minimum atomic E-state index is -3.64. The van der Waals surface area contributed by atoms with Crippen molar-refractivity contribution < 1.29 is 27.7 Å². The SMILES string of the molecule is COc1ccc(S(=O)(=O)c2ccc(C3(C4CCN(B(C)O)CC4)OCCO3)cc2)cc1. The van der Waals surface area contributed by atoms with E-state index < -0.39 is 22.7 Å². The van der Waals surface area contributed by atoms with Crippen LogP contribution in [0.15, 0.2) is 58.3 Å². The van der Waals surface area contributed by atoms with Gasteiger partial charge in [-0.1, -0.05) is 12.1 Å². The van der Waals surface area contributed by atoms with E-state index in [2.05, 4.69) is 0 Å². The Morgan fingerprint density at radius 3 is 2.00 bits per heavy atom. The number of sulfone groups is 1. The molecule has 1 N–H and O–H groups in total. The molecule has 0 radical (unpaired) electrons. The first-order valence-electron chi connectivity index (χ1n) is 10.6. The maximum Gasteiger partial charge on any atom is 0.376 e. The zero-order chi connectivity index (χ0) is 22.1. The maximum absolute atomic E-state index is 13.0. The lowest BCUT2D eigenvalue weighted by atomic mass is 9.77. The molecule has 0 unspecified atom stereocenters. The number of rotatable bonds is 6. The predicted molar refractivity (Wildman–Crippen MR) is 117 cm³/mol. The molecular formula is C22H28BNO6S. The van der Waals surface area contributed by atoms with Crippen molar-refractivity contribution in [2.24, 2.45) is 5.92 Å². The van der Waals surface area contributed by atoms with Crippen molar-refractivity contribution >= 4 is 16.9 Å². The van der Waals surface area contributed by atoms with Crippen molar-refractivity contribution in [1.29, 1.82) is 0 Å². The first-order valence-corrected chi connectivity index (χ1v) is 12.0. The van der Waals surface area contributed by atoms with E-state index in [9.17, 15) is 13.4 Å². The van der Waals surface area contributed by atoms with Gasteiger partial charge in [0.1, 0.15) is 5.75 Å². The van der Waals surface area contributed by atoms with Gasteiger partial charge in [-0.25, -0.2) is 8.42 Å². The Morgan fingerprint density at radius 1 is 1.00 bits per heavy atom. The van der Waals surface area contributed by atoms with Gasteiger partial charge in [0.15, 0.2) is 5.79 Å². The van der Waals surface area contributed by atoms with Crippen molar-refractivity contribution in [2.45, 2.75) is 35.2 Å². The molecular weight excluding hydrogens is 417 g/mol. The van der Waals surface area contributed by atoms with E-state index in [0.29, 0.717) is 19.0 Å². The Labute approximate surface area is 184 Å². The largest absolute Gasteiger partial charge is 0.497 e. The molecule has 31 heavy (non-hydrogen) atoms. The molecule has 2 saturated heterocycles. The molecule has 2 aromatic rings. The molecule has 0 atom stereocenters. The summed E-state index contributed by atoms with van der Waals surface area (Å²) in [6.45, 7) is 4.31. The van der Waals surface area contributed by atoms with Gasteiger partial charge in [0, 0.05) is 11.5 Å². The average Bonchev–Trinajstić information content (AvgIpc) is 3.30. The number of benzene rings is 2. The van der Waals surface area contributed by atoms with Crippen LogP contribution >= 0.6 is 0 Å². The number of hydrogen-bond acceptors (Lipinski definition) is 7. The van der Waals surface area contributed by atoms with Gasteiger partial charge in [-0.15, -0.1) is 0 Å². The highest BCUT2D eigenvalue weighted by Gasteiger charge is 2.47. The average molecular weight is 445 g/mol. The third-order valence-corrected chi connectivity index (χ3v) is 8.03. The summed E-state index contributed by atoms with van der Waals surface area (Å²) in [6.07, 6.45) is 1.66. The van der Waals surface area contributed by atoms with Gasteiger partial charge in [0.05, 0.1) is 30.1 Å². The van der Waals surface area contributed by atoms with Crippen molar-refractivity contribution in [3.8, 4) is 5.75 Å². The van der Waals surface area contributed by atoms with E-state index in [-0.39, 0.29) is 15.7 Å². The Hall–Kier alpha value is -1.91. The third-order valence-electron chi connectivity index (χ3n) is 6.25. The zero-order valence-electron chi connectivity index (χ0n) is 17.9.